The topological polar surface area (TPSA) is 78.5 Å². The van der Waals surface area contributed by atoms with Gasteiger partial charge in [-0.1, -0.05) is 40.9 Å². The van der Waals surface area contributed by atoms with Gasteiger partial charge in [0.05, 0.1) is 4.90 Å². The molecule has 30 heavy (non-hydrogen) atoms. The van der Waals surface area contributed by atoms with Crippen LogP contribution < -0.4 is 10.6 Å². The number of rotatable bonds is 5. The van der Waals surface area contributed by atoms with Gasteiger partial charge in [0.2, 0.25) is 10.0 Å². The number of hydrogen-bond donors (Lipinski definition) is 2. The van der Waals surface area contributed by atoms with E-state index in [4.69, 9.17) is 34.8 Å². The van der Waals surface area contributed by atoms with Crippen LogP contribution >= 0.6 is 34.8 Å². The first-order valence-corrected chi connectivity index (χ1v) is 12.0. The van der Waals surface area contributed by atoms with Gasteiger partial charge in [0.15, 0.2) is 0 Å². The normalized spacial score (nSPS) is 20.3. The Labute approximate surface area is 190 Å². The van der Waals surface area contributed by atoms with Crippen LogP contribution in [0.3, 0.4) is 0 Å². The fourth-order valence-electron chi connectivity index (χ4n) is 3.93. The molecular weight excluding hydrogens is 469 g/mol. The first-order valence-electron chi connectivity index (χ1n) is 9.44. The second-order valence-electron chi connectivity index (χ2n) is 7.74. The molecule has 160 valence electrons. The summed E-state index contributed by atoms with van der Waals surface area (Å²) < 4.78 is 27.0. The molecule has 1 aliphatic heterocycles. The second kappa shape index (κ2) is 8.20. The number of halogens is 3. The summed E-state index contributed by atoms with van der Waals surface area (Å²) in [7, 11) is -3.55. The van der Waals surface area contributed by atoms with Crippen molar-refractivity contribution in [2.24, 2.45) is 5.41 Å². The second-order valence-corrected chi connectivity index (χ2v) is 11.0. The third-order valence-electron chi connectivity index (χ3n) is 5.86. The Morgan fingerprint density at radius 2 is 1.73 bits per heavy atom. The van der Waals surface area contributed by atoms with E-state index in [2.05, 4.69) is 10.6 Å². The van der Waals surface area contributed by atoms with Crippen LogP contribution in [0, 0.1) is 5.41 Å². The summed E-state index contributed by atoms with van der Waals surface area (Å²) in [6, 6.07) is 10.9. The third-order valence-corrected chi connectivity index (χ3v) is 8.51. The zero-order valence-electron chi connectivity index (χ0n) is 15.9. The van der Waals surface area contributed by atoms with Crippen molar-refractivity contribution in [1.29, 1.82) is 0 Å². The molecule has 0 bridgehead atoms. The summed E-state index contributed by atoms with van der Waals surface area (Å²) in [6.07, 6.45) is 1.71. The Balaban J connectivity index is 1.31. The number of benzene rings is 2. The van der Waals surface area contributed by atoms with Crippen molar-refractivity contribution in [3.8, 4) is 0 Å². The molecule has 6 nitrogen and oxygen atoms in total. The zero-order valence-corrected chi connectivity index (χ0v) is 19.0. The third kappa shape index (κ3) is 4.14. The standard InChI is InChI=1S/C20H20Cl3N3O3S/c21-14-3-5-16(6-4-14)30(28,29)26-11-20(12-26)8-7-18(20)25-19(27)24-10-13-1-2-15(22)9-17(13)23/h1-6,9,18H,7-8,10-12H2,(H2,24,25,27). The van der Waals surface area contributed by atoms with Gasteiger partial charge in [-0.15, -0.1) is 0 Å². The average molecular weight is 489 g/mol. The zero-order chi connectivity index (χ0) is 21.5. The van der Waals surface area contributed by atoms with Crippen LogP contribution in [0.15, 0.2) is 47.4 Å². The predicted molar refractivity (Wildman–Crippen MR) is 117 cm³/mol. The largest absolute Gasteiger partial charge is 0.335 e. The van der Waals surface area contributed by atoms with Gasteiger partial charge in [0.1, 0.15) is 0 Å². The summed E-state index contributed by atoms with van der Waals surface area (Å²) in [6.45, 7) is 1.07. The minimum atomic E-state index is -3.55. The highest BCUT2D eigenvalue weighted by Crippen LogP contribution is 2.50. The molecule has 1 aliphatic carbocycles. The van der Waals surface area contributed by atoms with E-state index < -0.39 is 10.0 Å². The van der Waals surface area contributed by atoms with Gasteiger partial charge in [-0.25, -0.2) is 13.2 Å². The van der Waals surface area contributed by atoms with Crippen molar-refractivity contribution in [3.63, 3.8) is 0 Å². The number of urea groups is 1. The van der Waals surface area contributed by atoms with Gasteiger partial charge < -0.3 is 10.6 Å². The Morgan fingerprint density at radius 3 is 2.33 bits per heavy atom. The lowest BCUT2D eigenvalue weighted by Gasteiger charge is -2.59. The Kier molecular flexibility index (Phi) is 5.94. The van der Waals surface area contributed by atoms with E-state index in [0.29, 0.717) is 28.2 Å². The van der Waals surface area contributed by atoms with Gasteiger partial charge in [0, 0.05) is 46.2 Å². The summed E-state index contributed by atoms with van der Waals surface area (Å²) in [5.41, 5.74) is 0.567. The smallest absolute Gasteiger partial charge is 0.315 e. The van der Waals surface area contributed by atoms with Gasteiger partial charge in [-0.3, -0.25) is 0 Å². The van der Waals surface area contributed by atoms with Crippen LogP contribution in [0.2, 0.25) is 15.1 Å². The molecule has 1 heterocycles. The van der Waals surface area contributed by atoms with Crippen molar-refractivity contribution in [3.05, 3.63) is 63.1 Å². The monoisotopic (exact) mass is 487 g/mol. The number of hydrogen-bond acceptors (Lipinski definition) is 3. The minimum Gasteiger partial charge on any atom is -0.335 e. The number of carbonyl (C=O) groups excluding carboxylic acids is 1. The molecule has 0 radical (unpaired) electrons. The lowest BCUT2D eigenvalue weighted by molar-refractivity contribution is -0.0418. The van der Waals surface area contributed by atoms with Crippen molar-refractivity contribution in [1.82, 2.24) is 14.9 Å². The van der Waals surface area contributed by atoms with E-state index in [1.54, 1.807) is 30.3 Å². The Morgan fingerprint density at radius 1 is 1.07 bits per heavy atom. The molecule has 2 aromatic rings. The minimum absolute atomic E-state index is 0.0603. The molecule has 2 aliphatic rings. The molecular formula is C20H20Cl3N3O3S. The first kappa shape index (κ1) is 21.7. The molecule has 2 N–H and O–H groups in total. The van der Waals surface area contributed by atoms with Crippen LogP contribution in [0.5, 0.6) is 0 Å². The van der Waals surface area contributed by atoms with E-state index in [0.717, 1.165) is 18.4 Å². The lowest BCUT2D eigenvalue weighted by atomic mass is 9.60. The Bertz CT molecular complexity index is 1070. The highest BCUT2D eigenvalue weighted by atomic mass is 35.5. The molecule has 1 atom stereocenters. The molecule has 2 aromatic carbocycles. The van der Waals surface area contributed by atoms with Crippen molar-refractivity contribution < 1.29 is 13.2 Å². The van der Waals surface area contributed by atoms with Crippen LogP contribution in [-0.2, 0) is 16.6 Å². The number of amides is 2. The van der Waals surface area contributed by atoms with E-state index in [9.17, 15) is 13.2 Å². The van der Waals surface area contributed by atoms with E-state index in [-0.39, 0.29) is 28.9 Å². The molecule has 1 saturated heterocycles. The van der Waals surface area contributed by atoms with Crippen LogP contribution in [0.25, 0.3) is 0 Å². The maximum absolute atomic E-state index is 12.8. The lowest BCUT2D eigenvalue weighted by Crippen LogP contribution is -2.71. The molecule has 0 aromatic heterocycles. The molecule has 4 rings (SSSR count). The highest BCUT2D eigenvalue weighted by Gasteiger charge is 2.58. The fraction of sp³-hybridized carbons (Fsp3) is 0.350. The van der Waals surface area contributed by atoms with Crippen LogP contribution in [-0.4, -0.2) is 37.9 Å². The van der Waals surface area contributed by atoms with E-state index >= 15 is 0 Å². The molecule has 2 fully saturated rings. The van der Waals surface area contributed by atoms with Crippen molar-refractivity contribution >= 4 is 50.9 Å². The van der Waals surface area contributed by atoms with Crippen molar-refractivity contribution in [2.75, 3.05) is 13.1 Å². The van der Waals surface area contributed by atoms with Gasteiger partial charge in [0.25, 0.3) is 0 Å². The van der Waals surface area contributed by atoms with E-state index in [1.165, 1.54) is 16.4 Å². The summed E-state index contributed by atoms with van der Waals surface area (Å²) >= 11 is 17.9. The first-order chi connectivity index (χ1) is 14.2. The van der Waals surface area contributed by atoms with Gasteiger partial charge >= 0.3 is 6.03 Å². The fourth-order valence-corrected chi connectivity index (χ4v) is 6.17. The van der Waals surface area contributed by atoms with Crippen molar-refractivity contribution in [2.45, 2.75) is 30.3 Å². The van der Waals surface area contributed by atoms with Crippen LogP contribution in [0.1, 0.15) is 18.4 Å². The maximum Gasteiger partial charge on any atom is 0.315 e. The summed E-state index contributed by atoms with van der Waals surface area (Å²) in [5.74, 6) is 0. The van der Waals surface area contributed by atoms with Gasteiger partial charge in [-0.2, -0.15) is 4.31 Å². The molecule has 1 saturated carbocycles. The molecule has 1 spiro atoms. The SMILES string of the molecule is O=C(NCc1ccc(Cl)cc1Cl)NC1CCC12CN(S(=O)(=O)c1ccc(Cl)cc1)C2. The maximum atomic E-state index is 12.8. The quantitative estimate of drug-likeness (QED) is 0.659. The summed E-state index contributed by atoms with van der Waals surface area (Å²) in [4.78, 5) is 12.5. The van der Waals surface area contributed by atoms with Crippen LogP contribution in [0.4, 0.5) is 4.79 Å². The molecule has 1 unspecified atom stereocenters. The molecule has 2 amide bonds. The highest BCUT2D eigenvalue weighted by molar-refractivity contribution is 7.89. The Hall–Kier alpha value is -1.51. The summed E-state index contributed by atoms with van der Waals surface area (Å²) in [5, 5.41) is 7.28. The average Bonchev–Trinajstić information content (AvgIpc) is 2.64. The number of sulfonamides is 1. The number of nitrogens with zero attached hydrogens (tertiary/aromatic N) is 1. The molecule has 10 heteroatoms. The number of nitrogens with one attached hydrogen (secondary N) is 2. The predicted octanol–water partition coefficient (Wildman–Crippen LogP) is 4.30. The number of carbonyl (C=O) groups is 1. The van der Waals surface area contributed by atoms with E-state index in [1.807, 2.05) is 0 Å². The van der Waals surface area contributed by atoms with Gasteiger partial charge in [-0.05, 0) is 54.8 Å².